The summed E-state index contributed by atoms with van der Waals surface area (Å²) in [5.74, 6) is -2.98. The quantitative estimate of drug-likeness (QED) is 0.0866. The number of aromatic nitrogens is 2. The first-order chi connectivity index (χ1) is 16.8. The molecule has 0 saturated carbocycles. The SMILES string of the molecule is CNCCN1CCC(=CC2=C(C(=O)O)N3C(=O)[C@@H](NC(=O)/C(=N\O)c4nsc(N)n4)[C@H]3SC2)C1=O. The fourth-order valence-corrected chi connectivity index (χ4v) is 5.70. The zero-order valence-corrected chi connectivity index (χ0v) is 20.1. The zero-order valence-electron chi connectivity index (χ0n) is 18.4. The van der Waals surface area contributed by atoms with E-state index in [9.17, 15) is 29.5 Å². The number of nitrogens with two attached hydrogens (primary N) is 1. The van der Waals surface area contributed by atoms with Gasteiger partial charge >= 0.3 is 5.97 Å². The van der Waals surface area contributed by atoms with Gasteiger partial charge in [-0.3, -0.25) is 19.3 Å². The van der Waals surface area contributed by atoms with Gasteiger partial charge in [0.05, 0.1) is 0 Å². The summed E-state index contributed by atoms with van der Waals surface area (Å²) in [5, 5.41) is 26.8. The predicted octanol–water partition coefficient (Wildman–Crippen LogP) is -1.58. The molecule has 16 heteroatoms. The van der Waals surface area contributed by atoms with Crippen LogP contribution in [0.5, 0.6) is 0 Å². The number of β-lactam (4-membered cyclic amide) rings is 1. The van der Waals surface area contributed by atoms with Crippen LogP contribution in [0.4, 0.5) is 5.13 Å². The summed E-state index contributed by atoms with van der Waals surface area (Å²) in [4.78, 5) is 56.7. The molecular weight excluding hydrogens is 500 g/mol. The van der Waals surface area contributed by atoms with Crippen molar-refractivity contribution in [1.82, 2.24) is 29.8 Å². The van der Waals surface area contributed by atoms with E-state index in [0.717, 1.165) is 16.4 Å². The highest BCUT2D eigenvalue weighted by atomic mass is 32.2. The number of amides is 3. The van der Waals surface area contributed by atoms with Gasteiger partial charge in [0.25, 0.3) is 11.8 Å². The van der Waals surface area contributed by atoms with E-state index in [1.165, 1.54) is 11.8 Å². The number of nitrogens with zero attached hydrogens (tertiary/aromatic N) is 5. The standard InChI is InChI=1S/C19H22N8O6S2/c1-21-3-5-26-4-2-8(15(26)29)6-9-7-34-17-11(16(30)27(17)12(9)18(31)32)22-14(28)10(24-33)13-23-19(20)35-25-13/h6,11,17,21,33H,2-5,7H2,1H3,(H,22,28)(H,31,32)(H2,20,23,25)/b8-6?,24-10-/t11-,17-/m1/s1. The maximum absolute atomic E-state index is 12.9. The molecule has 2 atom stereocenters. The molecule has 0 bridgehead atoms. The first kappa shape index (κ1) is 24.6. The molecule has 3 aliphatic rings. The minimum absolute atomic E-state index is 0.0615. The van der Waals surface area contributed by atoms with Gasteiger partial charge in [-0.25, -0.2) is 4.79 Å². The topological polar surface area (TPSA) is 203 Å². The number of oxime groups is 1. The summed E-state index contributed by atoms with van der Waals surface area (Å²) in [6, 6.07) is -1.05. The van der Waals surface area contributed by atoms with Crippen molar-refractivity contribution in [3.05, 3.63) is 28.7 Å². The summed E-state index contributed by atoms with van der Waals surface area (Å²) >= 11 is 2.05. The van der Waals surface area contributed by atoms with Gasteiger partial charge < -0.3 is 31.6 Å². The van der Waals surface area contributed by atoms with E-state index in [4.69, 9.17) is 5.73 Å². The first-order valence-corrected chi connectivity index (χ1v) is 12.3. The number of rotatable bonds is 8. The molecule has 2 saturated heterocycles. The van der Waals surface area contributed by atoms with Gasteiger partial charge in [-0.15, -0.1) is 11.8 Å². The van der Waals surface area contributed by atoms with Gasteiger partial charge in [0.1, 0.15) is 17.1 Å². The summed E-state index contributed by atoms with van der Waals surface area (Å²) in [7, 11) is 1.79. The lowest BCUT2D eigenvalue weighted by Crippen LogP contribution is -2.71. The Balaban J connectivity index is 1.51. The van der Waals surface area contributed by atoms with E-state index < -0.39 is 34.9 Å². The highest BCUT2D eigenvalue weighted by Gasteiger charge is 2.54. The number of anilines is 1. The molecule has 0 spiro atoms. The van der Waals surface area contributed by atoms with Crippen LogP contribution in [0.15, 0.2) is 28.1 Å². The number of carboxylic acids is 1. The fraction of sp³-hybridized carbons (Fsp3) is 0.421. The number of carbonyl (C=O) groups is 4. The third kappa shape index (κ3) is 4.59. The van der Waals surface area contributed by atoms with Gasteiger partial charge in [0.15, 0.2) is 5.13 Å². The monoisotopic (exact) mass is 522 g/mol. The normalized spacial score (nSPS) is 23.6. The van der Waals surface area contributed by atoms with Gasteiger partial charge in [-0.05, 0) is 25.1 Å². The second-order valence-electron chi connectivity index (χ2n) is 7.76. The lowest BCUT2D eigenvalue weighted by molar-refractivity contribution is -0.150. The van der Waals surface area contributed by atoms with Gasteiger partial charge in [0, 0.05) is 42.5 Å². The average Bonchev–Trinajstić information content (AvgIpc) is 3.41. The largest absolute Gasteiger partial charge is 0.477 e. The van der Waals surface area contributed by atoms with Crippen LogP contribution in [0.1, 0.15) is 12.2 Å². The molecule has 2 fully saturated rings. The number of thioether (sulfide) groups is 1. The number of hydrogen-bond acceptors (Lipinski definition) is 12. The molecule has 0 aliphatic carbocycles. The number of fused-ring (bicyclic) bond motifs is 1. The van der Waals surface area contributed by atoms with Crippen molar-refractivity contribution in [1.29, 1.82) is 0 Å². The molecule has 14 nitrogen and oxygen atoms in total. The van der Waals surface area contributed by atoms with Crippen molar-refractivity contribution in [3.8, 4) is 0 Å². The number of hydrogen-bond donors (Lipinski definition) is 5. The van der Waals surface area contributed by atoms with Crippen molar-refractivity contribution >= 4 is 57.8 Å². The van der Waals surface area contributed by atoms with E-state index in [1.54, 1.807) is 18.0 Å². The Labute approximate surface area is 207 Å². The molecule has 0 radical (unpaired) electrons. The third-order valence-electron chi connectivity index (χ3n) is 5.65. The van der Waals surface area contributed by atoms with Crippen LogP contribution >= 0.6 is 23.3 Å². The van der Waals surface area contributed by atoms with Crippen LogP contribution in [-0.4, -0.2) is 103 Å². The van der Waals surface area contributed by atoms with E-state index in [2.05, 4.69) is 25.1 Å². The third-order valence-corrected chi connectivity index (χ3v) is 7.49. The van der Waals surface area contributed by atoms with E-state index in [-0.39, 0.29) is 28.3 Å². The summed E-state index contributed by atoms with van der Waals surface area (Å²) in [6.45, 7) is 1.73. The highest BCUT2D eigenvalue weighted by molar-refractivity contribution is 8.00. The maximum atomic E-state index is 12.9. The number of allylic oxidation sites excluding steroid dienone is 1. The Morgan fingerprint density at radius 3 is 2.77 bits per heavy atom. The number of likely N-dealkylation sites (N-methyl/N-ethyl adjacent to an activating group) is 1. The molecule has 4 rings (SSSR count). The number of carboxylic acid groups (broad SMARTS) is 1. The van der Waals surface area contributed by atoms with Gasteiger partial charge in [0.2, 0.25) is 17.4 Å². The summed E-state index contributed by atoms with van der Waals surface area (Å²) in [6.07, 6.45) is 2.04. The van der Waals surface area contributed by atoms with Crippen molar-refractivity contribution in [2.24, 2.45) is 5.16 Å². The molecule has 3 aliphatic heterocycles. The van der Waals surface area contributed by atoms with Gasteiger partial charge in [-0.2, -0.15) is 9.36 Å². The van der Waals surface area contributed by atoms with Crippen molar-refractivity contribution < 1.29 is 29.5 Å². The molecule has 0 aromatic carbocycles. The van der Waals surface area contributed by atoms with Crippen LogP contribution in [0.25, 0.3) is 0 Å². The molecule has 6 N–H and O–H groups in total. The Morgan fingerprint density at radius 2 is 2.14 bits per heavy atom. The molecule has 3 amide bonds. The lowest BCUT2D eigenvalue weighted by Gasteiger charge is -2.49. The van der Waals surface area contributed by atoms with E-state index in [1.807, 2.05) is 0 Å². The average molecular weight is 523 g/mol. The van der Waals surface area contributed by atoms with Gasteiger partial charge in [-0.1, -0.05) is 5.16 Å². The van der Waals surface area contributed by atoms with Crippen LogP contribution in [0.2, 0.25) is 0 Å². The Morgan fingerprint density at radius 1 is 1.37 bits per heavy atom. The zero-order chi connectivity index (χ0) is 25.3. The van der Waals surface area contributed by atoms with Crippen molar-refractivity contribution in [2.75, 3.05) is 38.2 Å². The molecule has 35 heavy (non-hydrogen) atoms. The maximum Gasteiger partial charge on any atom is 0.352 e. The number of carbonyl (C=O) groups excluding carboxylic acids is 3. The molecule has 186 valence electrons. The molecular formula is C19H22N8O6S2. The second-order valence-corrected chi connectivity index (χ2v) is 9.65. The second kappa shape index (κ2) is 10.0. The van der Waals surface area contributed by atoms with Crippen LogP contribution < -0.4 is 16.4 Å². The number of likely N-dealkylation sites (tertiary alicyclic amines) is 1. The molecule has 1 aromatic rings. The van der Waals surface area contributed by atoms with E-state index in [0.29, 0.717) is 37.2 Å². The molecule has 1 aromatic heterocycles. The first-order valence-electron chi connectivity index (χ1n) is 10.4. The Hall–Kier alpha value is -3.50. The molecule has 0 unspecified atom stereocenters. The van der Waals surface area contributed by atoms with Crippen LogP contribution in [0, 0.1) is 0 Å². The smallest absolute Gasteiger partial charge is 0.352 e. The number of nitrogens with one attached hydrogen (secondary N) is 2. The minimum Gasteiger partial charge on any atom is -0.477 e. The Bertz CT molecular complexity index is 1180. The Kier molecular flexibility index (Phi) is 7.04. The predicted molar refractivity (Wildman–Crippen MR) is 126 cm³/mol. The highest BCUT2D eigenvalue weighted by Crippen LogP contribution is 2.41. The number of aliphatic carboxylic acids is 1. The molecule has 4 heterocycles. The van der Waals surface area contributed by atoms with Crippen LogP contribution in [-0.2, 0) is 19.2 Å². The van der Waals surface area contributed by atoms with Crippen molar-refractivity contribution in [3.63, 3.8) is 0 Å². The lowest BCUT2D eigenvalue weighted by atomic mass is 10.0. The van der Waals surface area contributed by atoms with Crippen LogP contribution in [0.3, 0.4) is 0 Å². The van der Waals surface area contributed by atoms with Crippen molar-refractivity contribution in [2.45, 2.75) is 17.8 Å². The number of nitrogen functional groups attached to an aromatic ring is 1. The minimum atomic E-state index is -1.31. The van der Waals surface area contributed by atoms with E-state index >= 15 is 0 Å². The summed E-state index contributed by atoms with van der Waals surface area (Å²) in [5.41, 5.74) is 5.60. The fourth-order valence-electron chi connectivity index (χ4n) is 3.96. The summed E-state index contributed by atoms with van der Waals surface area (Å²) < 4.78 is 3.81.